The molecule has 1 fully saturated rings. The summed E-state index contributed by atoms with van der Waals surface area (Å²) >= 11 is 0. The molecule has 0 spiro atoms. The van der Waals surface area contributed by atoms with E-state index in [0.29, 0.717) is 13.2 Å². The topological polar surface area (TPSA) is 85.4 Å². The van der Waals surface area contributed by atoms with Crippen LogP contribution in [0.5, 0.6) is 0 Å². The quantitative estimate of drug-likeness (QED) is 0.884. The number of ether oxygens (including phenoxy) is 1. The average molecular weight is 345 g/mol. The van der Waals surface area contributed by atoms with Crippen LogP contribution in [0.2, 0.25) is 0 Å². The number of hydrogen-bond donors (Lipinski definition) is 1. The van der Waals surface area contributed by atoms with E-state index in [2.05, 4.69) is 20.1 Å². The highest BCUT2D eigenvalue weighted by atomic mass is 16.5. The zero-order valence-electron chi connectivity index (χ0n) is 14.4. The van der Waals surface area contributed by atoms with Gasteiger partial charge in [-0.05, 0) is 25.0 Å². The molecular weight excluding hydrogens is 322 g/mol. The van der Waals surface area contributed by atoms with Crippen molar-refractivity contribution in [3.05, 3.63) is 35.8 Å². The number of aromatic nitrogens is 3. The molecule has 0 saturated carbocycles. The second-order valence-electron chi connectivity index (χ2n) is 6.62. The fourth-order valence-electron chi connectivity index (χ4n) is 3.87. The number of urea groups is 1. The molecule has 4 heterocycles. The molecule has 2 atom stereocenters. The monoisotopic (exact) mass is 345 g/mol. The molecule has 0 aromatic carbocycles. The Hall–Kier alpha value is -2.35. The molecule has 2 unspecified atom stereocenters. The number of fused-ring (bicyclic) bond motifs is 3. The van der Waals surface area contributed by atoms with Crippen LogP contribution >= 0.6 is 0 Å². The minimum Gasteiger partial charge on any atom is -0.467 e. The Labute approximate surface area is 146 Å². The lowest BCUT2D eigenvalue weighted by Gasteiger charge is -2.28. The first-order chi connectivity index (χ1) is 12.3. The zero-order chi connectivity index (χ0) is 17.2. The molecule has 134 valence electrons. The number of carbonyl (C=O) groups excluding carboxylic acids is 1. The molecule has 2 bridgehead atoms. The number of nitrogens with zero attached hydrogens (tertiary/aromatic N) is 4. The maximum atomic E-state index is 12.7. The molecular formula is C17H23N5O3. The third kappa shape index (κ3) is 3.13. The standard InChI is InChI=1S/C17H23N5O3/c1-24-8-6-15-19-20-16-9-12-4-5-13(11-21(15)16)22(12)17(23)18-10-14-3-2-7-25-14/h2-3,7,12-13H,4-6,8-11H2,1H3,(H,18,23). The second kappa shape index (κ2) is 6.87. The van der Waals surface area contributed by atoms with Gasteiger partial charge in [-0.3, -0.25) is 0 Å². The van der Waals surface area contributed by atoms with Crippen LogP contribution in [0.1, 0.15) is 30.3 Å². The molecule has 1 saturated heterocycles. The Kier molecular flexibility index (Phi) is 4.44. The van der Waals surface area contributed by atoms with Gasteiger partial charge in [0.05, 0.1) is 25.5 Å². The van der Waals surface area contributed by atoms with Gasteiger partial charge in [0.2, 0.25) is 0 Å². The number of nitrogens with one attached hydrogen (secondary N) is 1. The van der Waals surface area contributed by atoms with E-state index in [-0.39, 0.29) is 18.1 Å². The van der Waals surface area contributed by atoms with Crippen molar-refractivity contribution < 1.29 is 13.9 Å². The predicted molar refractivity (Wildman–Crippen MR) is 88.9 cm³/mol. The Balaban J connectivity index is 1.47. The van der Waals surface area contributed by atoms with E-state index in [1.54, 1.807) is 13.4 Å². The van der Waals surface area contributed by atoms with Crippen LogP contribution < -0.4 is 5.32 Å². The summed E-state index contributed by atoms with van der Waals surface area (Å²) in [4.78, 5) is 14.7. The molecule has 2 aromatic rings. The van der Waals surface area contributed by atoms with Crippen LogP contribution in [0.3, 0.4) is 0 Å². The molecule has 2 amide bonds. The first-order valence-electron chi connectivity index (χ1n) is 8.74. The van der Waals surface area contributed by atoms with Gasteiger partial charge < -0.3 is 23.9 Å². The van der Waals surface area contributed by atoms with Gasteiger partial charge >= 0.3 is 6.03 Å². The highest BCUT2D eigenvalue weighted by Gasteiger charge is 2.41. The van der Waals surface area contributed by atoms with E-state index in [0.717, 1.165) is 49.6 Å². The minimum atomic E-state index is -0.0268. The zero-order valence-corrected chi connectivity index (χ0v) is 14.4. The van der Waals surface area contributed by atoms with Gasteiger partial charge in [-0.2, -0.15) is 0 Å². The molecule has 0 radical (unpaired) electrons. The first-order valence-corrected chi connectivity index (χ1v) is 8.74. The Bertz CT molecular complexity index is 727. The SMILES string of the molecule is COCCc1nnc2n1CC1CCC(C2)N1C(=O)NCc1ccco1. The van der Waals surface area contributed by atoms with E-state index in [9.17, 15) is 4.79 Å². The van der Waals surface area contributed by atoms with Gasteiger partial charge in [-0.15, -0.1) is 10.2 Å². The Morgan fingerprint density at radius 3 is 3.08 bits per heavy atom. The summed E-state index contributed by atoms with van der Waals surface area (Å²) in [7, 11) is 1.69. The van der Waals surface area contributed by atoms with Gasteiger partial charge in [0.1, 0.15) is 17.4 Å². The minimum absolute atomic E-state index is 0.0268. The van der Waals surface area contributed by atoms with E-state index in [1.165, 1.54) is 0 Å². The summed E-state index contributed by atoms with van der Waals surface area (Å²) < 4.78 is 12.6. The van der Waals surface area contributed by atoms with Crippen LogP contribution in [0.15, 0.2) is 22.8 Å². The maximum Gasteiger partial charge on any atom is 0.318 e. The lowest BCUT2D eigenvalue weighted by atomic mass is 10.1. The normalized spacial score (nSPS) is 21.9. The van der Waals surface area contributed by atoms with Gasteiger partial charge in [0, 0.05) is 32.5 Å². The number of furan rings is 1. The van der Waals surface area contributed by atoms with Gasteiger partial charge in [0.15, 0.2) is 0 Å². The van der Waals surface area contributed by atoms with Gasteiger partial charge in [-0.25, -0.2) is 4.79 Å². The first kappa shape index (κ1) is 16.1. The van der Waals surface area contributed by atoms with Crippen molar-refractivity contribution in [3.8, 4) is 0 Å². The molecule has 2 aliphatic heterocycles. The fraction of sp³-hybridized carbons (Fsp3) is 0.588. The van der Waals surface area contributed by atoms with Crippen LogP contribution in [-0.2, 0) is 30.7 Å². The summed E-state index contributed by atoms with van der Waals surface area (Å²) in [5.74, 6) is 2.68. The molecule has 4 rings (SSSR count). The van der Waals surface area contributed by atoms with Crippen LogP contribution in [0.25, 0.3) is 0 Å². The largest absolute Gasteiger partial charge is 0.467 e. The summed E-state index contributed by atoms with van der Waals surface area (Å²) in [5.41, 5.74) is 0. The van der Waals surface area contributed by atoms with Crippen molar-refractivity contribution in [1.82, 2.24) is 25.0 Å². The molecule has 1 N–H and O–H groups in total. The Morgan fingerprint density at radius 1 is 1.40 bits per heavy atom. The van der Waals surface area contributed by atoms with E-state index < -0.39 is 0 Å². The van der Waals surface area contributed by atoms with Crippen LogP contribution in [-0.4, -0.2) is 51.5 Å². The number of methoxy groups -OCH3 is 1. The van der Waals surface area contributed by atoms with Crippen molar-refractivity contribution in [3.63, 3.8) is 0 Å². The highest BCUT2D eigenvalue weighted by Crippen LogP contribution is 2.31. The summed E-state index contributed by atoms with van der Waals surface area (Å²) in [6.07, 6.45) is 5.14. The van der Waals surface area contributed by atoms with E-state index in [4.69, 9.17) is 9.15 Å². The number of amides is 2. The maximum absolute atomic E-state index is 12.7. The van der Waals surface area contributed by atoms with Crippen molar-refractivity contribution in [2.75, 3.05) is 13.7 Å². The van der Waals surface area contributed by atoms with Crippen molar-refractivity contribution in [2.24, 2.45) is 0 Å². The van der Waals surface area contributed by atoms with E-state index >= 15 is 0 Å². The predicted octanol–water partition coefficient (Wildman–Crippen LogP) is 1.36. The van der Waals surface area contributed by atoms with Gasteiger partial charge in [0.25, 0.3) is 0 Å². The average Bonchev–Trinajstić information content (AvgIpc) is 3.31. The summed E-state index contributed by atoms with van der Waals surface area (Å²) in [5, 5.41) is 11.6. The summed E-state index contributed by atoms with van der Waals surface area (Å²) in [6.45, 7) is 1.79. The molecule has 0 aliphatic carbocycles. The number of carbonyl (C=O) groups is 1. The molecule has 25 heavy (non-hydrogen) atoms. The third-order valence-electron chi connectivity index (χ3n) is 5.09. The Morgan fingerprint density at radius 2 is 2.28 bits per heavy atom. The lowest BCUT2D eigenvalue weighted by molar-refractivity contribution is 0.169. The van der Waals surface area contributed by atoms with E-state index in [1.807, 2.05) is 17.0 Å². The molecule has 8 nitrogen and oxygen atoms in total. The molecule has 2 aliphatic rings. The lowest BCUT2D eigenvalue weighted by Crippen LogP contribution is -2.47. The van der Waals surface area contributed by atoms with Crippen molar-refractivity contribution in [2.45, 2.75) is 50.9 Å². The summed E-state index contributed by atoms with van der Waals surface area (Å²) in [6, 6.07) is 4.02. The number of rotatable bonds is 5. The second-order valence-corrected chi connectivity index (χ2v) is 6.62. The molecule has 8 heteroatoms. The molecule has 2 aromatic heterocycles. The van der Waals surface area contributed by atoms with Crippen LogP contribution in [0.4, 0.5) is 4.79 Å². The fourth-order valence-corrected chi connectivity index (χ4v) is 3.87. The smallest absolute Gasteiger partial charge is 0.318 e. The van der Waals surface area contributed by atoms with Crippen LogP contribution in [0, 0.1) is 0 Å². The number of hydrogen-bond acceptors (Lipinski definition) is 5. The highest BCUT2D eigenvalue weighted by molar-refractivity contribution is 5.75. The third-order valence-corrected chi connectivity index (χ3v) is 5.09. The van der Waals surface area contributed by atoms with Gasteiger partial charge in [-0.1, -0.05) is 0 Å². The van der Waals surface area contributed by atoms with Crippen molar-refractivity contribution in [1.29, 1.82) is 0 Å². The van der Waals surface area contributed by atoms with Crippen molar-refractivity contribution >= 4 is 6.03 Å².